The molecule has 0 bridgehead atoms. The van der Waals surface area contributed by atoms with Crippen LogP contribution in [0, 0.1) is 5.92 Å². The van der Waals surface area contributed by atoms with Crippen LogP contribution in [0.15, 0.2) is 5.11 Å². The Labute approximate surface area is 90.9 Å². The molecule has 5 nitrogen and oxygen atoms in total. The first-order valence-electron chi connectivity index (χ1n) is 5.36. The molecule has 0 aromatic heterocycles. The number of carbonyl (C=O) groups is 1. The predicted octanol–water partition coefficient (Wildman–Crippen LogP) is 2.63. The number of nitrogens with zero attached hydrogens (tertiary/aromatic N) is 3. The third kappa shape index (κ3) is 9.09. The molecule has 1 amide bonds. The van der Waals surface area contributed by atoms with E-state index in [1.807, 2.05) is 6.92 Å². The number of azide groups is 1. The van der Waals surface area contributed by atoms with Crippen LogP contribution in [-0.2, 0) is 4.79 Å². The average molecular weight is 212 g/mol. The molecule has 0 saturated carbocycles. The van der Waals surface area contributed by atoms with E-state index >= 15 is 0 Å². The van der Waals surface area contributed by atoms with Crippen LogP contribution < -0.4 is 5.32 Å². The van der Waals surface area contributed by atoms with Crippen molar-refractivity contribution in [2.75, 3.05) is 6.54 Å². The van der Waals surface area contributed by atoms with E-state index in [0.717, 1.165) is 12.8 Å². The summed E-state index contributed by atoms with van der Waals surface area (Å²) in [6.07, 6.45) is 3.26. The van der Waals surface area contributed by atoms with E-state index in [-0.39, 0.29) is 18.5 Å². The average Bonchev–Trinajstić information content (AvgIpc) is 2.14. The molecule has 0 rings (SSSR count). The lowest BCUT2D eigenvalue weighted by atomic mass is 10.0. The molecule has 0 heterocycles. The van der Waals surface area contributed by atoms with Crippen LogP contribution in [0.2, 0.25) is 0 Å². The second-order valence-corrected chi connectivity index (χ2v) is 4.18. The van der Waals surface area contributed by atoms with Crippen LogP contribution >= 0.6 is 0 Å². The Hall–Kier alpha value is -1.22. The molecule has 0 saturated heterocycles. The molecule has 0 aromatic rings. The standard InChI is InChI=1S/C10H20N4O/c1-8(2)5-4-6-9(3)13-10(15)7-12-14-11/h8-9H,4-7H2,1-3H3,(H,13,15). The molecule has 5 heteroatoms. The fourth-order valence-electron chi connectivity index (χ4n) is 1.32. The van der Waals surface area contributed by atoms with E-state index in [9.17, 15) is 4.79 Å². The van der Waals surface area contributed by atoms with Gasteiger partial charge >= 0.3 is 0 Å². The Bertz CT molecular complexity index is 234. The minimum absolute atomic E-state index is 0.106. The number of hydrogen-bond acceptors (Lipinski definition) is 2. The van der Waals surface area contributed by atoms with Gasteiger partial charge in [0.05, 0.1) is 0 Å². The molecule has 1 N–H and O–H groups in total. The van der Waals surface area contributed by atoms with Crippen molar-refractivity contribution in [2.45, 2.75) is 46.1 Å². The van der Waals surface area contributed by atoms with Crippen LogP contribution in [0.5, 0.6) is 0 Å². The van der Waals surface area contributed by atoms with Gasteiger partial charge in [0.2, 0.25) is 5.91 Å². The number of nitrogens with one attached hydrogen (secondary N) is 1. The Morgan fingerprint density at radius 1 is 1.40 bits per heavy atom. The maximum atomic E-state index is 11.1. The lowest BCUT2D eigenvalue weighted by Gasteiger charge is -2.13. The third-order valence-electron chi connectivity index (χ3n) is 2.10. The highest BCUT2D eigenvalue weighted by molar-refractivity contribution is 5.78. The van der Waals surface area contributed by atoms with E-state index in [4.69, 9.17) is 5.53 Å². The van der Waals surface area contributed by atoms with Crippen molar-refractivity contribution >= 4 is 5.91 Å². The monoisotopic (exact) mass is 212 g/mol. The van der Waals surface area contributed by atoms with Crippen molar-refractivity contribution in [3.8, 4) is 0 Å². The maximum Gasteiger partial charge on any atom is 0.226 e. The zero-order chi connectivity index (χ0) is 11.7. The molecule has 1 atom stereocenters. The van der Waals surface area contributed by atoms with Crippen molar-refractivity contribution < 1.29 is 4.79 Å². The lowest BCUT2D eigenvalue weighted by Crippen LogP contribution is -2.34. The van der Waals surface area contributed by atoms with Gasteiger partial charge in [0.15, 0.2) is 0 Å². The number of carbonyl (C=O) groups excluding carboxylic acids is 1. The Balaban J connectivity index is 3.59. The minimum atomic E-state index is -0.204. The summed E-state index contributed by atoms with van der Waals surface area (Å²) in [6, 6.07) is 0.158. The smallest absolute Gasteiger partial charge is 0.226 e. The molecule has 1 unspecified atom stereocenters. The second kappa shape index (κ2) is 8.12. The molecule has 0 aliphatic rings. The quantitative estimate of drug-likeness (QED) is 0.393. The Kier molecular flexibility index (Phi) is 7.46. The van der Waals surface area contributed by atoms with Crippen LogP contribution in [-0.4, -0.2) is 18.5 Å². The Morgan fingerprint density at radius 3 is 2.60 bits per heavy atom. The van der Waals surface area contributed by atoms with Crippen LogP contribution in [0.3, 0.4) is 0 Å². The van der Waals surface area contributed by atoms with Gasteiger partial charge in [-0.25, -0.2) is 0 Å². The first-order chi connectivity index (χ1) is 7.06. The highest BCUT2D eigenvalue weighted by Crippen LogP contribution is 2.07. The molecule has 0 radical (unpaired) electrons. The van der Waals surface area contributed by atoms with Crippen LogP contribution in [0.4, 0.5) is 0 Å². The highest BCUT2D eigenvalue weighted by Gasteiger charge is 2.06. The van der Waals surface area contributed by atoms with Crippen molar-refractivity contribution in [1.82, 2.24) is 5.32 Å². The second-order valence-electron chi connectivity index (χ2n) is 4.18. The van der Waals surface area contributed by atoms with E-state index in [1.165, 1.54) is 6.42 Å². The molecule has 0 fully saturated rings. The molecular weight excluding hydrogens is 192 g/mol. The fourth-order valence-corrected chi connectivity index (χ4v) is 1.32. The van der Waals surface area contributed by atoms with Crippen molar-refractivity contribution in [2.24, 2.45) is 11.0 Å². The van der Waals surface area contributed by atoms with Gasteiger partial charge in [-0.1, -0.05) is 31.8 Å². The van der Waals surface area contributed by atoms with Gasteiger partial charge in [0.1, 0.15) is 6.54 Å². The third-order valence-corrected chi connectivity index (χ3v) is 2.10. The fraction of sp³-hybridized carbons (Fsp3) is 0.900. The van der Waals surface area contributed by atoms with Crippen molar-refractivity contribution in [1.29, 1.82) is 0 Å². The van der Waals surface area contributed by atoms with Crippen molar-refractivity contribution in [3.63, 3.8) is 0 Å². The summed E-state index contributed by atoms with van der Waals surface area (Å²) < 4.78 is 0. The molecular formula is C10H20N4O. The van der Waals surface area contributed by atoms with Gasteiger partial charge in [-0.05, 0) is 24.8 Å². The van der Waals surface area contributed by atoms with E-state index in [2.05, 4.69) is 29.2 Å². The SMILES string of the molecule is CC(C)CCCC(C)NC(=O)CN=[N+]=[N-]. The summed E-state index contributed by atoms with van der Waals surface area (Å²) in [5.41, 5.74) is 8.03. The number of rotatable bonds is 7. The summed E-state index contributed by atoms with van der Waals surface area (Å²) in [7, 11) is 0. The van der Waals surface area contributed by atoms with Gasteiger partial charge in [-0.2, -0.15) is 0 Å². The normalized spacial score (nSPS) is 12.0. The zero-order valence-electron chi connectivity index (χ0n) is 9.73. The van der Waals surface area contributed by atoms with Gasteiger partial charge < -0.3 is 5.32 Å². The van der Waals surface area contributed by atoms with Gasteiger partial charge in [0, 0.05) is 11.0 Å². The van der Waals surface area contributed by atoms with E-state index in [0.29, 0.717) is 5.92 Å². The van der Waals surface area contributed by atoms with Crippen molar-refractivity contribution in [3.05, 3.63) is 10.4 Å². The first-order valence-corrected chi connectivity index (χ1v) is 5.36. The first kappa shape index (κ1) is 13.8. The zero-order valence-corrected chi connectivity index (χ0v) is 9.73. The number of hydrogen-bond donors (Lipinski definition) is 1. The molecule has 0 aliphatic carbocycles. The largest absolute Gasteiger partial charge is 0.354 e. The van der Waals surface area contributed by atoms with Crippen LogP contribution in [0.1, 0.15) is 40.0 Å². The summed E-state index contributed by atoms with van der Waals surface area (Å²) in [5, 5.41) is 5.99. The summed E-state index contributed by atoms with van der Waals surface area (Å²) in [6.45, 7) is 6.23. The summed E-state index contributed by atoms with van der Waals surface area (Å²) >= 11 is 0. The lowest BCUT2D eigenvalue weighted by molar-refractivity contribution is -0.120. The number of amides is 1. The molecule has 86 valence electrons. The van der Waals surface area contributed by atoms with Gasteiger partial charge in [-0.3, -0.25) is 4.79 Å². The summed E-state index contributed by atoms with van der Waals surface area (Å²) in [4.78, 5) is 13.7. The minimum Gasteiger partial charge on any atom is -0.354 e. The Morgan fingerprint density at radius 2 is 2.07 bits per heavy atom. The van der Waals surface area contributed by atoms with Gasteiger partial charge in [-0.15, -0.1) is 0 Å². The predicted molar refractivity (Wildman–Crippen MR) is 60.3 cm³/mol. The van der Waals surface area contributed by atoms with Crippen LogP contribution in [0.25, 0.3) is 10.4 Å². The van der Waals surface area contributed by atoms with E-state index < -0.39 is 0 Å². The van der Waals surface area contributed by atoms with E-state index in [1.54, 1.807) is 0 Å². The molecule has 15 heavy (non-hydrogen) atoms. The molecule has 0 aromatic carbocycles. The summed E-state index contributed by atoms with van der Waals surface area (Å²) in [5.74, 6) is 0.501. The topological polar surface area (TPSA) is 77.9 Å². The highest BCUT2D eigenvalue weighted by atomic mass is 16.1. The van der Waals surface area contributed by atoms with Gasteiger partial charge in [0.25, 0.3) is 0 Å². The maximum absolute atomic E-state index is 11.1. The molecule has 0 aliphatic heterocycles. The molecule has 0 spiro atoms.